The molecule has 2 heterocycles. The first kappa shape index (κ1) is 13.9. The summed E-state index contributed by atoms with van der Waals surface area (Å²) in [5, 5.41) is 10.1. The highest BCUT2D eigenvalue weighted by Crippen LogP contribution is 2.23. The average molecular weight is 297 g/mol. The van der Waals surface area contributed by atoms with Crippen LogP contribution in [0.2, 0.25) is 0 Å². The number of anilines is 2. The molecule has 2 N–H and O–H groups in total. The van der Waals surface area contributed by atoms with Crippen LogP contribution >= 0.6 is 0 Å². The van der Waals surface area contributed by atoms with Crippen LogP contribution in [-0.4, -0.2) is 27.6 Å². The number of imidazole rings is 1. The van der Waals surface area contributed by atoms with Gasteiger partial charge in [0, 0.05) is 24.4 Å². The molecule has 1 amide bonds. The number of carbonyl (C=O) groups excluding carboxylic acids is 1. The minimum Gasteiger partial charge on any atom is -0.438 e. The third kappa shape index (κ3) is 2.98. The number of hydrogen-bond donors (Lipinski definition) is 2. The van der Waals surface area contributed by atoms with E-state index >= 15 is 0 Å². The summed E-state index contributed by atoms with van der Waals surface area (Å²) < 4.78 is 7.36. The Hall–Kier alpha value is -3.09. The second-order valence-corrected chi connectivity index (χ2v) is 4.52. The highest BCUT2D eigenvalue weighted by Gasteiger charge is 2.05. The summed E-state index contributed by atoms with van der Waals surface area (Å²) in [5.41, 5.74) is 1.39. The summed E-state index contributed by atoms with van der Waals surface area (Å²) in [4.78, 5) is 14.8. The van der Waals surface area contributed by atoms with Crippen molar-refractivity contribution in [2.24, 2.45) is 0 Å². The second-order valence-electron chi connectivity index (χ2n) is 4.52. The minimum absolute atomic E-state index is 0.441. The van der Waals surface area contributed by atoms with Crippen molar-refractivity contribution in [3.8, 4) is 11.6 Å². The fraction of sp³-hybridized carbons (Fsp3) is 0.133. The molecular weight excluding hydrogens is 282 g/mol. The lowest BCUT2D eigenvalue weighted by molar-refractivity contribution is -0.105. The molecule has 7 heteroatoms. The maximum atomic E-state index is 10.5. The van der Waals surface area contributed by atoms with E-state index in [1.807, 2.05) is 13.0 Å². The van der Waals surface area contributed by atoms with E-state index in [1.165, 1.54) is 0 Å². The number of ether oxygens (including phenoxy) is 1. The number of benzene rings is 1. The van der Waals surface area contributed by atoms with E-state index in [-0.39, 0.29) is 0 Å². The number of nitrogens with one attached hydrogen (secondary N) is 2. The van der Waals surface area contributed by atoms with E-state index in [9.17, 15) is 4.79 Å². The van der Waals surface area contributed by atoms with Crippen LogP contribution in [0.15, 0.2) is 42.6 Å². The van der Waals surface area contributed by atoms with Gasteiger partial charge >= 0.3 is 0 Å². The predicted octanol–water partition coefficient (Wildman–Crippen LogP) is 2.52. The number of fused-ring (bicyclic) bond motifs is 1. The zero-order valence-corrected chi connectivity index (χ0v) is 12.0. The molecule has 7 nitrogen and oxygen atoms in total. The number of amides is 1. The van der Waals surface area contributed by atoms with E-state index in [0.717, 1.165) is 18.0 Å². The summed E-state index contributed by atoms with van der Waals surface area (Å²) >= 11 is 0. The number of aromatic nitrogens is 3. The Balaban J connectivity index is 1.84. The molecule has 0 bridgehead atoms. The molecule has 0 fully saturated rings. The Morgan fingerprint density at radius 1 is 1.32 bits per heavy atom. The summed E-state index contributed by atoms with van der Waals surface area (Å²) in [6.45, 7) is 2.80. The third-order valence-corrected chi connectivity index (χ3v) is 2.94. The molecule has 22 heavy (non-hydrogen) atoms. The number of rotatable bonds is 6. The quantitative estimate of drug-likeness (QED) is 0.683. The lowest BCUT2D eigenvalue weighted by Crippen LogP contribution is -1.96. The van der Waals surface area contributed by atoms with Crippen LogP contribution in [0.25, 0.3) is 5.65 Å². The molecule has 0 saturated heterocycles. The van der Waals surface area contributed by atoms with Crippen LogP contribution in [0.3, 0.4) is 0 Å². The van der Waals surface area contributed by atoms with Crippen molar-refractivity contribution >= 4 is 23.6 Å². The first-order chi connectivity index (χ1) is 10.8. The third-order valence-electron chi connectivity index (χ3n) is 2.94. The van der Waals surface area contributed by atoms with Crippen molar-refractivity contribution in [2.45, 2.75) is 6.92 Å². The largest absolute Gasteiger partial charge is 0.438 e. The molecule has 3 rings (SSSR count). The first-order valence-corrected chi connectivity index (χ1v) is 6.87. The minimum atomic E-state index is 0.441. The molecule has 112 valence electrons. The lowest BCUT2D eigenvalue weighted by Gasteiger charge is -2.06. The van der Waals surface area contributed by atoms with E-state index in [2.05, 4.69) is 20.7 Å². The van der Waals surface area contributed by atoms with Crippen molar-refractivity contribution in [1.29, 1.82) is 0 Å². The van der Waals surface area contributed by atoms with Gasteiger partial charge in [-0.2, -0.15) is 0 Å². The summed E-state index contributed by atoms with van der Waals surface area (Å²) in [7, 11) is 0. The molecule has 0 radical (unpaired) electrons. The first-order valence-electron chi connectivity index (χ1n) is 6.87. The van der Waals surface area contributed by atoms with Gasteiger partial charge in [-0.3, -0.25) is 4.79 Å². The molecule has 0 aliphatic rings. The molecule has 3 aromatic rings. The molecule has 2 aromatic heterocycles. The molecule has 0 saturated carbocycles. The van der Waals surface area contributed by atoms with Gasteiger partial charge in [0.25, 0.3) is 0 Å². The number of hydrogen-bond acceptors (Lipinski definition) is 5. The van der Waals surface area contributed by atoms with Gasteiger partial charge in [-0.05, 0) is 25.1 Å². The number of carbonyl (C=O) groups is 1. The lowest BCUT2D eigenvalue weighted by atomic mass is 10.3. The maximum Gasteiger partial charge on any atom is 0.237 e. The Morgan fingerprint density at radius 3 is 3.05 bits per heavy atom. The highest BCUT2D eigenvalue weighted by atomic mass is 16.5. The van der Waals surface area contributed by atoms with Gasteiger partial charge in [0.1, 0.15) is 11.6 Å². The van der Waals surface area contributed by atoms with Gasteiger partial charge in [0.15, 0.2) is 5.65 Å². The monoisotopic (exact) mass is 297 g/mol. The fourth-order valence-electron chi connectivity index (χ4n) is 2.02. The molecule has 0 atom stereocenters. The van der Waals surface area contributed by atoms with E-state index in [0.29, 0.717) is 23.7 Å². The maximum absolute atomic E-state index is 10.5. The van der Waals surface area contributed by atoms with E-state index < -0.39 is 0 Å². The Morgan fingerprint density at radius 2 is 2.23 bits per heavy atom. The smallest absolute Gasteiger partial charge is 0.237 e. The molecule has 1 aromatic carbocycles. The van der Waals surface area contributed by atoms with Gasteiger partial charge in [-0.1, -0.05) is 6.07 Å². The average Bonchev–Trinajstić information content (AvgIpc) is 2.90. The Kier molecular flexibility index (Phi) is 3.86. The summed E-state index contributed by atoms with van der Waals surface area (Å²) in [5.74, 6) is 1.80. The van der Waals surface area contributed by atoms with Crippen LogP contribution in [-0.2, 0) is 4.79 Å². The Bertz CT molecular complexity index is 799. The topological polar surface area (TPSA) is 80.5 Å². The van der Waals surface area contributed by atoms with Gasteiger partial charge in [0.2, 0.25) is 12.3 Å². The van der Waals surface area contributed by atoms with Crippen molar-refractivity contribution in [2.75, 3.05) is 17.2 Å². The highest BCUT2D eigenvalue weighted by molar-refractivity contribution is 5.71. The van der Waals surface area contributed by atoms with Crippen molar-refractivity contribution in [3.63, 3.8) is 0 Å². The molecule has 0 aliphatic carbocycles. The van der Waals surface area contributed by atoms with Gasteiger partial charge in [-0.25, -0.2) is 9.50 Å². The molecule has 0 aliphatic heterocycles. The zero-order valence-electron chi connectivity index (χ0n) is 12.0. The summed E-state index contributed by atoms with van der Waals surface area (Å²) in [6.07, 6.45) is 2.42. The standard InChI is InChI=1S/C15H15N5O2/c1-2-16-13-9-20-14(18-13)6-7-15(19-20)22-12-5-3-4-11(8-12)17-10-21/h3-10,16H,2H2,1H3,(H,17,21). The van der Waals surface area contributed by atoms with Gasteiger partial charge in [0.05, 0.1) is 6.20 Å². The van der Waals surface area contributed by atoms with Crippen LogP contribution in [0.4, 0.5) is 11.5 Å². The fourth-order valence-corrected chi connectivity index (χ4v) is 2.02. The SMILES string of the molecule is CCNc1cn2nc(Oc3cccc(NC=O)c3)ccc2n1. The molecular formula is C15H15N5O2. The van der Waals surface area contributed by atoms with Crippen molar-refractivity contribution in [3.05, 3.63) is 42.6 Å². The molecule has 0 unspecified atom stereocenters. The van der Waals surface area contributed by atoms with Crippen LogP contribution < -0.4 is 15.4 Å². The van der Waals surface area contributed by atoms with Gasteiger partial charge in [-0.15, -0.1) is 5.10 Å². The summed E-state index contributed by atoms with van der Waals surface area (Å²) in [6, 6.07) is 10.7. The number of nitrogens with zero attached hydrogens (tertiary/aromatic N) is 3. The molecule has 0 spiro atoms. The normalized spacial score (nSPS) is 10.4. The van der Waals surface area contributed by atoms with Crippen LogP contribution in [0.5, 0.6) is 11.6 Å². The van der Waals surface area contributed by atoms with Crippen LogP contribution in [0.1, 0.15) is 6.92 Å². The second kappa shape index (κ2) is 6.13. The zero-order chi connectivity index (χ0) is 15.4. The predicted molar refractivity (Wildman–Crippen MR) is 83.4 cm³/mol. The van der Waals surface area contributed by atoms with E-state index in [1.54, 1.807) is 41.0 Å². The van der Waals surface area contributed by atoms with Crippen molar-refractivity contribution < 1.29 is 9.53 Å². The van der Waals surface area contributed by atoms with E-state index in [4.69, 9.17) is 4.74 Å². The van der Waals surface area contributed by atoms with Gasteiger partial charge < -0.3 is 15.4 Å². The van der Waals surface area contributed by atoms with Crippen LogP contribution in [0, 0.1) is 0 Å². The van der Waals surface area contributed by atoms with Crippen molar-refractivity contribution in [1.82, 2.24) is 14.6 Å². The Labute approximate surface area is 126 Å².